The van der Waals surface area contributed by atoms with Gasteiger partial charge in [0.15, 0.2) is 0 Å². The average molecular weight is 252 g/mol. The molecular weight excluding hydrogens is 231 g/mol. The van der Waals surface area contributed by atoms with Gasteiger partial charge in [-0.1, -0.05) is 20.8 Å². The van der Waals surface area contributed by atoms with E-state index >= 15 is 0 Å². The summed E-state index contributed by atoms with van der Waals surface area (Å²) in [6.07, 6.45) is 1.49. The van der Waals surface area contributed by atoms with E-state index in [1.165, 1.54) is 13.2 Å². The Labute approximate surface area is 108 Å². The molecular formula is C15H21FO2. The van der Waals surface area contributed by atoms with Crippen molar-refractivity contribution in [2.45, 2.75) is 39.2 Å². The molecule has 1 aliphatic rings. The fourth-order valence-corrected chi connectivity index (χ4v) is 3.31. The summed E-state index contributed by atoms with van der Waals surface area (Å²) in [6, 6.07) is 4.69. The third kappa shape index (κ3) is 2.12. The van der Waals surface area contributed by atoms with Crippen LogP contribution in [0.5, 0.6) is 5.75 Å². The van der Waals surface area contributed by atoms with Gasteiger partial charge in [0.05, 0.1) is 12.7 Å². The van der Waals surface area contributed by atoms with Crippen LogP contribution in [0.4, 0.5) is 4.39 Å². The Kier molecular flexibility index (Phi) is 3.14. The van der Waals surface area contributed by atoms with Crippen LogP contribution in [-0.4, -0.2) is 12.2 Å². The van der Waals surface area contributed by atoms with E-state index in [1.54, 1.807) is 12.1 Å². The molecule has 1 saturated carbocycles. The van der Waals surface area contributed by atoms with Crippen LogP contribution in [-0.2, 0) is 5.60 Å². The predicted octanol–water partition coefficient (Wildman–Crippen LogP) is 3.48. The van der Waals surface area contributed by atoms with Crippen LogP contribution in [0.25, 0.3) is 0 Å². The maximum Gasteiger partial charge on any atom is 0.132 e. The van der Waals surface area contributed by atoms with Crippen molar-refractivity contribution >= 4 is 0 Å². The minimum Gasteiger partial charge on any atom is -0.497 e. The van der Waals surface area contributed by atoms with Crippen LogP contribution >= 0.6 is 0 Å². The third-order valence-electron chi connectivity index (χ3n) is 4.06. The Morgan fingerprint density at radius 2 is 2.06 bits per heavy atom. The summed E-state index contributed by atoms with van der Waals surface area (Å²) >= 11 is 0. The van der Waals surface area contributed by atoms with Gasteiger partial charge in [0.1, 0.15) is 11.6 Å². The molecule has 18 heavy (non-hydrogen) atoms. The second-order valence-corrected chi connectivity index (χ2v) is 6.22. The molecule has 2 atom stereocenters. The Bertz CT molecular complexity index is 456. The molecule has 3 heteroatoms. The van der Waals surface area contributed by atoms with Gasteiger partial charge in [-0.15, -0.1) is 0 Å². The van der Waals surface area contributed by atoms with E-state index in [2.05, 4.69) is 13.8 Å². The van der Waals surface area contributed by atoms with Gasteiger partial charge in [-0.3, -0.25) is 0 Å². The lowest BCUT2D eigenvalue weighted by molar-refractivity contribution is -0.00410. The zero-order valence-electron chi connectivity index (χ0n) is 11.5. The van der Waals surface area contributed by atoms with E-state index in [9.17, 15) is 9.50 Å². The monoisotopic (exact) mass is 252 g/mol. The highest BCUT2D eigenvalue weighted by Gasteiger charge is 2.49. The summed E-state index contributed by atoms with van der Waals surface area (Å²) in [6.45, 7) is 6.21. The minimum absolute atomic E-state index is 0.0422. The number of hydrogen-bond acceptors (Lipinski definition) is 2. The van der Waals surface area contributed by atoms with Gasteiger partial charge in [-0.2, -0.15) is 0 Å². The first-order chi connectivity index (χ1) is 8.28. The summed E-state index contributed by atoms with van der Waals surface area (Å²) < 4.78 is 19.1. The van der Waals surface area contributed by atoms with Gasteiger partial charge in [0.2, 0.25) is 0 Å². The molecule has 0 radical (unpaired) electrons. The summed E-state index contributed by atoms with van der Waals surface area (Å²) in [5.41, 5.74) is -0.637. The van der Waals surface area contributed by atoms with E-state index in [0.29, 0.717) is 17.7 Å². The van der Waals surface area contributed by atoms with Gasteiger partial charge < -0.3 is 9.84 Å². The predicted molar refractivity (Wildman–Crippen MR) is 69.0 cm³/mol. The maximum atomic E-state index is 14.1. The zero-order chi connectivity index (χ0) is 13.6. The summed E-state index contributed by atoms with van der Waals surface area (Å²) in [5.74, 6) is 0.140. The molecule has 0 spiro atoms. The molecule has 2 nitrogen and oxygen atoms in total. The molecule has 1 fully saturated rings. The van der Waals surface area contributed by atoms with Crippen LogP contribution < -0.4 is 4.74 Å². The van der Waals surface area contributed by atoms with Crippen LogP contribution in [0.2, 0.25) is 0 Å². The molecule has 1 N–H and O–H groups in total. The van der Waals surface area contributed by atoms with Gasteiger partial charge in [-0.25, -0.2) is 4.39 Å². The van der Waals surface area contributed by atoms with Gasteiger partial charge >= 0.3 is 0 Å². The number of aliphatic hydroxyl groups is 1. The van der Waals surface area contributed by atoms with Gasteiger partial charge in [0, 0.05) is 11.6 Å². The molecule has 100 valence electrons. The highest BCUT2D eigenvalue weighted by Crippen LogP contribution is 2.53. The smallest absolute Gasteiger partial charge is 0.132 e. The zero-order valence-corrected chi connectivity index (χ0v) is 11.5. The van der Waals surface area contributed by atoms with Crippen molar-refractivity contribution in [1.82, 2.24) is 0 Å². The average Bonchev–Trinajstić information content (AvgIpc) is 2.47. The van der Waals surface area contributed by atoms with Crippen LogP contribution in [0.15, 0.2) is 18.2 Å². The highest BCUT2D eigenvalue weighted by atomic mass is 19.1. The van der Waals surface area contributed by atoms with E-state index < -0.39 is 5.60 Å². The Morgan fingerprint density at radius 3 is 2.50 bits per heavy atom. The number of benzene rings is 1. The van der Waals surface area contributed by atoms with Crippen LogP contribution in [0.1, 0.15) is 39.2 Å². The Balaban J connectivity index is 2.42. The van der Waals surface area contributed by atoms with Crippen molar-refractivity contribution < 1.29 is 14.2 Å². The molecule has 2 unspecified atom stereocenters. The maximum absolute atomic E-state index is 14.1. The van der Waals surface area contributed by atoms with Gasteiger partial charge in [-0.05, 0) is 36.3 Å². The number of rotatable bonds is 2. The number of methoxy groups -OCH3 is 1. The summed E-state index contributed by atoms with van der Waals surface area (Å²) in [4.78, 5) is 0. The first kappa shape index (κ1) is 13.3. The molecule has 1 aromatic carbocycles. The van der Waals surface area contributed by atoms with E-state index in [1.807, 2.05) is 6.92 Å². The second-order valence-electron chi connectivity index (χ2n) is 6.22. The third-order valence-corrected chi connectivity index (χ3v) is 4.06. The lowest BCUT2D eigenvalue weighted by Gasteiger charge is -2.29. The topological polar surface area (TPSA) is 29.5 Å². The van der Waals surface area contributed by atoms with Crippen LogP contribution in [0, 0.1) is 17.2 Å². The van der Waals surface area contributed by atoms with E-state index in [0.717, 1.165) is 6.42 Å². The highest BCUT2D eigenvalue weighted by molar-refractivity contribution is 5.34. The van der Waals surface area contributed by atoms with E-state index in [-0.39, 0.29) is 17.2 Å². The van der Waals surface area contributed by atoms with Crippen molar-refractivity contribution in [3.63, 3.8) is 0 Å². The fraction of sp³-hybridized carbons (Fsp3) is 0.600. The minimum atomic E-state index is -1.07. The number of hydrogen-bond donors (Lipinski definition) is 1. The van der Waals surface area contributed by atoms with Crippen molar-refractivity contribution in [1.29, 1.82) is 0 Å². The molecule has 2 rings (SSSR count). The van der Waals surface area contributed by atoms with Crippen molar-refractivity contribution in [3.05, 3.63) is 29.6 Å². The standard InChI is InChI=1S/C15H21FO2/c1-10-8-14(2,3)9-15(10,17)12-6-5-11(18-4)7-13(12)16/h5-7,10,17H,8-9H2,1-4H3. The normalized spacial score (nSPS) is 30.4. The molecule has 0 heterocycles. The molecule has 0 bridgehead atoms. The summed E-state index contributed by atoms with van der Waals surface area (Å²) in [5, 5.41) is 10.8. The first-order valence-electron chi connectivity index (χ1n) is 6.35. The molecule has 0 aromatic heterocycles. The van der Waals surface area contributed by atoms with Crippen molar-refractivity contribution in [2.75, 3.05) is 7.11 Å². The SMILES string of the molecule is COc1ccc(C2(O)CC(C)(C)CC2C)c(F)c1. The summed E-state index contributed by atoms with van der Waals surface area (Å²) in [7, 11) is 1.50. The largest absolute Gasteiger partial charge is 0.497 e. The molecule has 0 amide bonds. The van der Waals surface area contributed by atoms with Gasteiger partial charge in [0.25, 0.3) is 0 Å². The van der Waals surface area contributed by atoms with Crippen molar-refractivity contribution in [3.8, 4) is 5.75 Å². The van der Waals surface area contributed by atoms with Crippen molar-refractivity contribution in [2.24, 2.45) is 11.3 Å². The Hall–Kier alpha value is -1.09. The first-order valence-corrected chi connectivity index (χ1v) is 6.35. The fourth-order valence-electron chi connectivity index (χ4n) is 3.31. The Morgan fingerprint density at radius 1 is 1.39 bits per heavy atom. The molecule has 0 saturated heterocycles. The van der Waals surface area contributed by atoms with Crippen LogP contribution in [0.3, 0.4) is 0 Å². The molecule has 1 aliphatic carbocycles. The number of ether oxygens (including phenoxy) is 1. The molecule has 1 aromatic rings. The lowest BCUT2D eigenvalue weighted by Crippen LogP contribution is -2.30. The lowest BCUT2D eigenvalue weighted by atomic mass is 9.83. The quantitative estimate of drug-likeness (QED) is 0.873. The molecule has 0 aliphatic heterocycles. The number of halogens is 1. The second kappa shape index (κ2) is 4.23. The van der Waals surface area contributed by atoms with E-state index in [4.69, 9.17) is 4.74 Å².